The second kappa shape index (κ2) is 5.03. The zero-order valence-corrected chi connectivity index (χ0v) is 11.1. The molecule has 5 nitrogen and oxygen atoms in total. The van der Waals surface area contributed by atoms with Crippen LogP contribution < -0.4 is 10.6 Å². The molecule has 1 aromatic carbocycles. The van der Waals surface area contributed by atoms with Crippen molar-refractivity contribution in [3.63, 3.8) is 0 Å². The third-order valence-electron chi connectivity index (χ3n) is 4.20. The Morgan fingerprint density at radius 3 is 2.75 bits per heavy atom. The first-order valence-corrected chi connectivity index (χ1v) is 6.83. The van der Waals surface area contributed by atoms with Crippen LogP contribution in [0.2, 0.25) is 0 Å². The van der Waals surface area contributed by atoms with E-state index in [9.17, 15) is 14.3 Å². The summed E-state index contributed by atoms with van der Waals surface area (Å²) in [6.45, 7) is 1.59. The first-order valence-electron chi connectivity index (χ1n) is 6.83. The number of rotatable bonds is 2. The molecule has 1 unspecified atom stereocenters. The van der Waals surface area contributed by atoms with Crippen LogP contribution in [0.5, 0.6) is 0 Å². The largest absolute Gasteiger partial charge is 0.371 e. The average molecular weight is 279 g/mol. The van der Waals surface area contributed by atoms with Gasteiger partial charge in [-0.15, -0.1) is 0 Å². The van der Waals surface area contributed by atoms with Crippen LogP contribution in [0.4, 0.5) is 9.18 Å². The van der Waals surface area contributed by atoms with E-state index in [0.717, 1.165) is 13.1 Å². The van der Waals surface area contributed by atoms with Gasteiger partial charge in [-0.25, -0.2) is 9.18 Å². The van der Waals surface area contributed by atoms with Gasteiger partial charge in [0.25, 0.3) is 0 Å². The van der Waals surface area contributed by atoms with Gasteiger partial charge in [-0.05, 0) is 32.0 Å². The number of hydrogen-bond donors (Lipinski definition) is 3. The minimum atomic E-state index is -0.920. The summed E-state index contributed by atoms with van der Waals surface area (Å²) in [5.74, 6) is -0.362. The Kier molecular flexibility index (Phi) is 3.35. The normalized spacial score (nSPS) is 25.0. The molecule has 1 spiro atoms. The molecule has 0 bridgehead atoms. The second-order valence-electron chi connectivity index (χ2n) is 5.43. The molecule has 2 amide bonds. The summed E-state index contributed by atoms with van der Waals surface area (Å²) in [5.41, 5.74) is -0.194. The number of aliphatic hydroxyl groups is 1. The fraction of sp³-hybridized carbons (Fsp3) is 0.500. The highest BCUT2D eigenvalue weighted by molar-refractivity contribution is 5.78. The third-order valence-corrected chi connectivity index (χ3v) is 4.20. The number of halogens is 1. The van der Waals surface area contributed by atoms with Crippen molar-refractivity contribution in [3.05, 3.63) is 35.6 Å². The summed E-state index contributed by atoms with van der Waals surface area (Å²) in [6, 6.07) is 5.98. The molecule has 1 aromatic rings. The Hall–Kier alpha value is -1.66. The van der Waals surface area contributed by atoms with E-state index in [0.29, 0.717) is 18.4 Å². The number of nitrogens with one attached hydrogen (secondary N) is 2. The van der Waals surface area contributed by atoms with Gasteiger partial charge >= 0.3 is 6.03 Å². The number of urea groups is 1. The van der Waals surface area contributed by atoms with Gasteiger partial charge in [0.05, 0.1) is 12.1 Å². The Morgan fingerprint density at radius 2 is 2.05 bits per heavy atom. The lowest BCUT2D eigenvalue weighted by Crippen LogP contribution is -2.56. The molecule has 108 valence electrons. The van der Waals surface area contributed by atoms with Crippen molar-refractivity contribution in [2.75, 3.05) is 13.1 Å². The molecule has 3 N–H and O–H groups in total. The maximum absolute atomic E-state index is 13.7. The number of nitrogens with zero attached hydrogens (tertiary/aromatic N) is 1. The van der Waals surface area contributed by atoms with E-state index < -0.39 is 11.8 Å². The summed E-state index contributed by atoms with van der Waals surface area (Å²) in [5, 5.41) is 16.6. The molecule has 2 heterocycles. The fourth-order valence-electron chi connectivity index (χ4n) is 2.98. The van der Waals surface area contributed by atoms with Crippen LogP contribution in [0.3, 0.4) is 0 Å². The number of aliphatic hydroxyl groups excluding tert-OH is 1. The van der Waals surface area contributed by atoms with E-state index in [1.54, 1.807) is 18.2 Å². The van der Waals surface area contributed by atoms with Crippen LogP contribution in [0, 0.1) is 5.82 Å². The lowest BCUT2D eigenvalue weighted by molar-refractivity contribution is -0.0138. The van der Waals surface area contributed by atoms with E-state index in [-0.39, 0.29) is 18.4 Å². The molecule has 2 fully saturated rings. The number of piperidine rings is 1. The lowest BCUT2D eigenvalue weighted by Gasteiger charge is -2.36. The second-order valence-corrected chi connectivity index (χ2v) is 5.43. The van der Waals surface area contributed by atoms with Crippen molar-refractivity contribution in [1.82, 2.24) is 15.5 Å². The number of hydrogen-bond acceptors (Lipinski definition) is 3. The predicted molar refractivity (Wildman–Crippen MR) is 71.3 cm³/mol. The maximum atomic E-state index is 13.7. The molecule has 2 aliphatic rings. The van der Waals surface area contributed by atoms with Gasteiger partial charge in [-0.2, -0.15) is 0 Å². The highest BCUT2D eigenvalue weighted by atomic mass is 19.1. The fourth-order valence-corrected chi connectivity index (χ4v) is 2.98. The number of benzene rings is 1. The zero-order chi connectivity index (χ0) is 14.2. The van der Waals surface area contributed by atoms with Crippen molar-refractivity contribution in [2.24, 2.45) is 0 Å². The van der Waals surface area contributed by atoms with Crippen molar-refractivity contribution >= 4 is 6.03 Å². The van der Waals surface area contributed by atoms with Crippen LogP contribution >= 0.6 is 0 Å². The smallest absolute Gasteiger partial charge is 0.320 e. The third kappa shape index (κ3) is 2.14. The average Bonchev–Trinajstić information content (AvgIpc) is 2.66. The highest BCUT2D eigenvalue weighted by Crippen LogP contribution is 2.31. The van der Waals surface area contributed by atoms with E-state index in [4.69, 9.17) is 0 Å². The molecule has 3 rings (SSSR count). The molecule has 0 saturated carbocycles. The van der Waals surface area contributed by atoms with Crippen LogP contribution in [0.25, 0.3) is 0 Å². The molecule has 2 saturated heterocycles. The van der Waals surface area contributed by atoms with Crippen LogP contribution in [0.1, 0.15) is 18.4 Å². The summed E-state index contributed by atoms with van der Waals surface area (Å²) >= 11 is 0. The molecule has 2 aliphatic heterocycles. The summed E-state index contributed by atoms with van der Waals surface area (Å²) in [7, 11) is 0. The van der Waals surface area contributed by atoms with Crippen molar-refractivity contribution in [2.45, 2.75) is 31.2 Å². The monoisotopic (exact) mass is 279 g/mol. The Labute approximate surface area is 116 Å². The van der Waals surface area contributed by atoms with Gasteiger partial charge in [-0.3, -0.25) is 4.90 Å². The summed E-state index contributed by atoms with van der Waals surface area (Å²) < 4.78 is 13.7. The first-order chi connectivity index (χ1) is 9.62. The standard InChI is InChI=1S/C14H18FN3O2/c15-11-4-2-1-3-10(11)9-18-12(19)14(17-13(18)20)5-7-16-8-6-14/h1-4,12,16,19H,5-9H2,(H,17,20). The Balaban J connectivity index is 1.80. The van der Waals surface area contributed by atoms with Crippen molar-refractivity contribution < 1.29 is 14.3 Å². The highest BCUT2D eigenvalue weighted by Gasteiger charge is 2.50. The SMILES string of the molecule is O=C1NC2(CCNCC2)C(O)N1Cc1ccccc1F. The minimum absolute atomic E-state index is 0.0782. The molecular weight excluding hydrogens is 261 g/mol. The van der Waals surface area contributed by atoms with Gasteiger partial charge in [0.15, 0.2) is 6.23 Å². The minimum Gasteiger partial charge on any atom is -0.371 e. The molecule has 0 aliphatic carbocycles. The van der Waals surface area contributed by atoms with Gasteiger partial charge in [0, 0.05) is 5.56 Å². The van der Waals surface area contributed by atoms with E-state index >= 15 is 0 Å². The van der Waals surface area contributed by atoms with Crippen LogP contribution in [0.15, 0.2) is 24.3 Å². The van der Waals surface area contributed by atoms with E-state index in [1.807, 2.05) is 0 Å². The first kappa shape index (κ1) is 13.3. The molecule has 0 radical (unpaired) electrons. The summed E-state index contributed by atoms with van der Waals surface area (Å²) in [4.78, 5) is 13.4. The van der Waals surface area contributed by atoms with Crippen molar-refractivity contribution in [1.29, 1.82) is 0 Å². The maximum Gasteiger partial charge on any atom is 0.320 e. The molecule has 6 heteroatoms. The van der Waals surface area contributed by atoms with E-state index in [2.05, 4.69) is 10.6 Å². The van der Waals surface area contributed by atoms with Crippen LogP contribution in [-0.4, -0.2) is 40.9 Å². The van der Waals surface area contributed by atoms with E-state index in [1.165, 1.54) is 11.0 Å². The zero-order valence-electron chi connectivity index (χ0n) is 11.1. The topological polar surface area (TPSA) is 64.6 Å². The van der Waals surface area contributed by atoms with Gasteiger partial charge in [0.1, 0.15) is 5.82 Å². The van der Waals surface area contributed by atoms with Crippen LogP contribution in [-0.2, 0) is 6.54 Å². The Bertz CT molecular complexity index is 517. The molecule has 20 heavy (non-hydrogen) atoms. The summed E-state index contributed by atoms with van der Waals surface area (Å²) in [6.07, 6.45) is 0.429. The molecule has 0 aromatic heterocycles. The van der Waals surface area contributed by atoms with Crippen molar-refractivity contribution in [3.8, 4) is 0 Å². The number of carbonyl (C=O) groups is 1. The van der Waals surface area contributed by atoms with Gasteiger partial charge < -0.3 is 15.7 Å². The van der Waals surface area contributed by atoms with Gasteiger partial charge in [0.2, 0.25) is 0 Å². The quantitative estimate of drug-likeness (QED) is 0.750. The van der Waals surface area contributed by atoms with Gasteiger partial charge in [-0.1, -0.05) is 18.2 Å². The predicted octanol–water partition coefficient (Wildman–Crippen LogP) is 0.791. The Morgan fingerprint density at radius 1 is 1.35 bits per heavy atom. The number of carbonyl (C=O) groups excluding carboxylic acids is 1. The lowest BCUT2D eigenvalue weighted by atomic mass is 9.87. The molecular formula is C14H18FN3O2. The molecule has 1 atom stereocenters. The number of amides is 2.